The first-order valence-electron chi connectivity index (χ1n) is 10.2. The molecular weight excluding hydrogens is 440 g/mol. The third-order valence-electron chi connectivity index (χ3n) is 5.71. The molecule has 8 heteroatoms. The van der Waals surface area contributed by atoms with Gasteiger partial charge in [0.1, 0.15) is 10.6 Å². The van der Waals surface area contributed by atoms with Crippen molar-refractivity contribution < 1.29 is 18.3 Å². The molecule has 0 fully saturated rings. The zero-order valence-corrected chi connectivity index (χ0v) is 20.5. The quantitative estimate of drug-likeness (QED) is 0.521. The second kappa shape index (κ2) is 8.53. The van der Waals surface area contributed by atoms with E-state index < -0.39 is 29.3 Å². The van der Waals surface area contributed by atoms with Crippen molar-refractivity contribution in [2.24, 2.45) is 7.05 Å². The molecule has 0 aliphatic carbocycles. The number of rotatable bonds is 7. The van der Waals surface area contributed by atoms with Gasteiger partial charge in [0.25, 0.3) is 0 Å². The zero-order chi connectivity index (χ0) is 23.7. The van der Waals surface area contributed by atoms with Gasteiger partial charge in [-0.2, -0.15) is 0 Å². The van der Waals surface area contributed by atoms with Crippen LogP contribution in [0, 0.1) is 0 Å². The second-order valence-corrected chi connectivity index (χ2v) is 15.1. The predicted molar refractivity (Wildman–Crippen MR) is 130 cm³/mol. The summed E-state index contributed by atoms with van der Waals surface area (Å²) in [7, 11) is -5.77. The molecule has 168 valence electrons. The summed E-state index contributed by atoms with van der Waals surface area (Å²) < 4.78 is 32.2. The fourth-order valence-corrected chi connectivity index (χ4v) is 12.7. The van der Waals surface area contributed by atoms with Crippen LogP contribution in [0.3, 0.4) is 0 Å². The van der Waals surface area contributed by atoms with Crippen molar-refractivity contribution >= 4 is 40.7 Å². The molecule has 0 atom stereocenters. The Morgan fingerprint density at radius 3 is 1.88 bits per heavy atom. The molecule has 2 N–H and O–H groups in total. The van der Waals surface area contributed by atoms with Gasteiger partial charge in [-0.1, -0.05) is 94.1 Å². The first kappa shape index (κ1) is 23.7. The van der Waals surface area contributed by atoms with E-state index in [4.69, 9.17) is 0 Å². The molecule has 0 bridgehead atoms. The van der Waals surface area contributed by atoms with Gasteiger partial charge < -0.3 is 9.67 Å². The standard InChI is InChI=1S/C24H28N2O4SSi/c1-6-20-21(17-26(5)22(20)23(27)28)31(29,30)25-32(24(2,3)4,18-13-9-7-10-14-18)19-15-11-8-12-16-19/h6-17,25H,1H2,2-5H3,(H,27,28). The highest BCUT2D eigenvalue weighted by Crippen LogP contribution is 2.36. The minimum absolute atomic E-state index is 0.0745. The van der Waals surface area contributed by atoms with Crippen molar-refractivity contribution in [2.75, 3.05) is 0 Å². The van der Waals surface area contributed by atoms with E-state index in [-0.39, 0.29) is 16.2 Å². The van der Waals surface area contributed by atoms with Crippen LogP contribution in [0.25, 0.3) is 6.08 Å². The minimum atomic E-state index is -4.12. The highest BCUT2D eigenvalue weighted by Gasteiger charge is 2.51. The molecule has 3 rings (SSSR count). The average molecular weight is 469 g/mol. The smallest absolute Gasteiger partial charge is 0.353 e. The summed E-state index contributed by atoms with van der Waals surface area (Å²) in [5.74, 6) is -1.21. The number of nitrogens with one attached hydrogen (secondary N) is 1. The number of benzene rings is 2. The number of carbonyl (C=O) groups is 1. The Hall–Kier alpha value is -2.94. The molecule has 0 saturated heterocycles. The van der Waals surface area contributed by atoms with Gasteiger partial charge in [-0.3, -0.25) is 0 Å². The first-order chi connectivity index (χ1) is 15.0. The lowest BCUT2D eigenvalue weighted by Gasteiger charge is -2.43. The number of nitrogens with zero attached hydrogens (tertiary/aromatic N) is 1. The lowest BCUT2D eigenvalue weighted by atomic mass is 10.2. The summed E-state index contributed by atoms with van der Waals surface area (Å²) in [6, 6.07) is 19.2. The molecule has 2 aromatic carbocycles. The summed E-state index contributed by atoms with van der Waals surface area (Å²) in [5, 5.41) is 11.0. The number of carboxylic acids is 1. The Morgan fingerprint density at radius 1 is 1.03 bits per heavy atom. The number of sulfonamides is 1. The van der Waals surface area contributed by atoms with Gasteiger partial charge in [0.05, 0.1) is 0 Å². The van der Waals surface area contributed by atoms with E-state index in [1.54, 1.807) is 0 Å². The summed E-state index contributed by atoms with van der Waals surface area (Å²) in [6.45, 7) is 9.76. The van der Waals surface area contributed by atoms with Gasteiger partial charge >= 0.3 is 5.97 Å². The van der Waals surface area contributed by atoms with E-state index in [2.05, 4.69) is 11.0 Å². The van der Waals surface area contributed by atoms with Crippen LogP contribution < -0.4 is 14.8 Å². The van der Waals surface area contributed by atoms with Gasteiger partial charge in [0.2, 0.25) is 18.3 Å². The van der Waals surface area contributed by atoms with Crippen LogP contribution in [0.4, 0.5) is 0 Å². The monoisotopic (exact) mass is 468 g/mol. The number of carboxylic acid groups (broad SMARTS) is 1. The van der Waals surface area contributed by atoms with Gasteiger partial charge in [0.15, 0.2) is 0 Å². The number of aromatic carboxylic acids is 1. The molecule has 0 unspecified atom stereocenters. The molecule has 0 saturated carbocycles. The van der Waals surface area contributed by atoms with Crippen LogP contribution >= 0.6 is 0 Å². The maximum atomic E-state index is 13.9. The van der Waals surface area contributed by atoms with Crippen molar-refractivity contribution in [2.45, 2.75) is 30.7 Å². The van der Waals surface area contributed by atoms with Gasteiger partial charge in [-0.25, -0.2) is 17.6 Å². The Balaban J connectivity index is 2.33. The first-order valence-corrected chi connectivity index (χ1v) is 13.6. The molecule has 32 heavy (non-hydrogen) atoms. The molecular formula is C24H28N2O4SSi. The van der Waals surface area contributed by atoms with E-state index in [9.17, 15) is 18.3 Å². The largest absolute Gasteiger partial charge is 0.477 e. The number of aryl methyl sites for hydroxylation is 1. The predicted octanol–water partition coefficient (Wildman–Crippen LogP) is 3.20. The highest BCUT2D eigenvalue weighted by atomic mass is 32.2. The Morgan fingerprint density at radius 2 is 1.50 bits per heavy atom. The third-order valence-corrected chi connectivity index (χ3v) is 13.6. The molecule has 0 radical (unpaired) electrons. The van der Waals surface area contributed by atoms with Crippen LogP contribution in [0.1, 0.15) is 36.8 Å². The van der Waals surface area contributed by atoms with Crippen molar-refractivity contribution in [3.8, 4) is 0 Å². The highest BCUT2D eigenvalue weighted by molar-refractivity contribution is 7.91. The third kappa shape index (κ3) is 3.97. The van der Waals surface area contributed by atoms with Crippen LogP contribution in [-0.2, 0) is 17.1 Å². The van der Waals surface area contributed by atoms with E-state index in [1.165, 1.54) is 23.9 Å². The van der Waals surface area contributed by atoms with Crippen LogP contribution in [-0.4, -0.2) is 32.3 Å². The molecule has 6 nitrogen and oxygen atoms in total. The number of hydrogen-bond donors (Lipinski definition) is 2. The van der Waals surface area contributed by atoms with E-state index in [1.807, 2.05) is 81.4 Å². The Labute approximate surface area is 190 Å². The van der Waals surface area contributed by atoms with Crippen LogP contribution in [0.15, 0.2) is 78.3 Å². The molecule has 1 heterocycles. The Kier molecular flexibility index (Phi) is 6.32. The maximum Gasteiger partial charge on any atom is 0.353 e. The fraction of sp³-hybridized carbons (Fsp3) is 0.208. The summed E-state index contributed by atoms with van der Waals surface area (Å²) in [4.78, 5) is 11.7. The molecule has 0 aliphatic heterocycles. The van der Waals surface area contributed by atoms with Crippen molar-refractivity contribution in [1.29, 1.82) is 0 Å². The Bertz CT molecular complexity index is 1200. The van der Waals surface area contributed by atoms with Gasteiger partial charge in [0, 0.05) is 18.8 Å². The van der Waals surface area contributed by atoms with E-state index in [0.717, 1.165) is 10.4 Å². The lowest BCUT2D eigenvalue weighted by Crippen LogP contribution is -2.74. The maximum absolute atomic E-state index is 13.9. The summed E-state index contributed by atoms with van der Waals surface area (Å²) >= 11 is 0. The molecule has 0 amide bonds. The SMILES string of the molecule is C=Cc1c(S(=O)(=O)N[Si](c2ccccc2)(c2ccccc2)C(C)(C)C)cn(C)c1C(=O)O. The van der Waals surface area contributed by atoms with E-state index in [0.29, 0.717) is 0 Å². The van der Waals surface area contributed by atoms with Crippen molar-refractivity contribution in [3.63, 3.8) is 0 Å². The number of hydrogen-bond acceptors (Lipinski definition) is 3. The van der Waals surface area contributed by atoms with E-state index >= 15 is 0 Å². The fourth-order valence-electron chi connectivity index (χ4n) is 4.23. The molecule has 1 aromatic heterocycles. The molecule has 3 aromatic rings. The second-order valence-electron chi connectivity index (χ2n) is 8.71. The lowest BCUT2D eigenvalue weighted by molar-refractivity contribution is 0.0686. The minimum Gasteiger partial charge on any atom is -0.477 e. The van der Waals surface area contributed by atoms with Crippen molar-refractivity contribution in [1.82, 2.24) is 8.95 Å². The topological polar surface area (TPSA) is 88.4 Å². The van der Waals surface area contributed by atoms with Crippen molar-refractivity contribution in [3.05, 3.63) is 84.7 Å². The summed E-state index contributed by atoms with van der Waals surface area (Å²) in [5.41, 5.74) is -0.0479. The molecule has 0 aliphatic rings. The zero-order valence-electron chi connectivity index (χ0n) is 18.7. The normalized spacial score (nSPS) is 12.5. The van der Waals surface area contributed by atoms with Crippen LogP contribution in [0.2, 0.25) is 5.04 Å². The van der Waals surface area contributed by atoms with Crippen LogP contribution in [0.5, 0.6) is 0 Å². The van der Waals surface area contributed by atoms with Gasteiger partial charge in [-0.15, -0.1) is 0 Å². The van der Waals surface area contributed by atoms with Gasteiger partial charge in [-0.05, 0) is 15.4 Å². The molecule has 0 spiro atoms. The summed E-state index contributed by atoms with van der Waals surface area (Å²) in [6.07, 6.45) is 2.62. The average Bonchev–Trinajstić information content (AvgIpc) is 3.10. The number of aromatic nitrogens is 1.